The number of nitrogens with zero attached hydrogens (tertiary/aromatic N) is 1. The van der Waals surface area contributed by atoms with E-state index in [1.807, 2.05) is 12.1 Å². The number of H-pyrrole nitrogens is 1. The van der Waals surface area contributed by atoms with E-state index in [-0.39, 0.29) is 5.91 Å². The predicted molar refractivity (Wildman–Crippen MR) is 68.3 cm³/mol. The van der Waals surface area contributed by atoms with Crippen LogP contribution in [0.3, 0.4) is 0 Å². The van der Waals surface area contributed by atoms with Crippen molar-refractivity contribution in [2.75, 3.05) is 6.54 Å². The highest BCUT2D eigenvalue weighted by atomic mass is 32.1. The van der Waals surface area contributed by atoms with Crippen LogP contribution in [0.1, 0.15) is 27.2 Å². The Balaban J connectivity index is 1.81. The standard InChI is InChI=1S/C12H15N3OS/c1-2-10-3-4-11(17-10)12(16)14-6-5-9-7-13-8-15-9/h3-4,7-8H,2,5-6H2,1H3,(H,13,15)(H,14,16). The van der Waals surface area contributed by atoms with Gasteiger partial charge in [-0.05, 0) is 18.6 Å². The molecule has 0 aliphatic heterocycles. The van der Waals surface area contributed by atoms with Crippen molar-refractivity contribution in [3.8, 4) is 0 Å². The second-order valence-electron chi connectivity index (χ2n) is 3.70. The van der Waals surface area contributed by atoms with Crippen molar-refractivity contribution in [2.24, 2.45) is 0 Å². The molecule has 0 aliphatic carbocycles. The van der Waals surface area contributed by atoms with Crippen molar-refractivity contribution in [1.82, 2.24) is 15.3 Å². The summed E-state index contributed by atoms with van der Waals surface area (Å²) in [5, 5.41) is 2.90. The maximum absolute atomic E-state index is 11.8. The first-order valence-electron chi connectivity index (χ1n) is 5.63. The largest absolute Gasteiger partial charge is 0.351 e. The third kappa shape index (κ3) is 3.17. The number of hydrogen-bond acceptors (Lipinski definition) is 3. The van der Waals surface area contributed by atoms with Crippen molar-refractivity contribution in [2.45, 2.75) is 19.8 Å². The van der Waals surface area contributed by atoms with E-state index in [0.717, 1.165) is 23.4 Å². The molecule has 1 amide bonds. The van der Waals surface area contributed by atoms with Crippen LogP contribution in [-0.4, -0.2) is 22.4 Å². The highest BCUT2D eigenvalue weighted by Crippen LogP contribution is 2.16. The van der Waals surface area contributed by atoms with Crippen molar-refractivity contribution in [3.05, 3.63) is 40.1 Å². The monoisotopic (exact) mass is 249 g/mol. The van der Waals surface area contributed by atoms with Gasteiger partial charge in [0.1, 0.15) is 0 Å². The summed E-state index contributed by atoms with van der Waals surface area (Å²) in [7, 11) is 0. The summed E-state index contributed by atoms with van der Waals surface area (Å²) in [6.45, 7) is 2.71. The number of carbonyl (C=O) groups is 1. The highest BCUT2D eigenvalue weighted by molar-refractivity contribution is 7.14. The van der Waals surface area contributed by atoms with E-state index in [0.29, 0.717) is 6.54 Å². The first-order valence-corrected chi connectivity index (χ1v) is 6.45. The molecule has 0 aromatic carbocycles. The zero-order valence-corrected chi connectivity index (χ0v) is 10.5. The second-order valence-corrected chi connectivity index (χ2v) is 4.87. The fourth-order valence-corrected chi connectivity index (χ4v) is 2.37. The van der Waals surface area contributed by atoms with Gasteiger partial charge < -0.3 is 10.3 Å². The lowest BCUT2D eigenvalue weighted by Gasteiger charge is -2.01. The van der Waals surface area contributed by atoms with E-state index in [9.17, 15) is 4.79 Å². The van der Waals surface area contributed by atoms with Crippen LogP contribution >= 0.6 is 11.3 Å². The van der Waals surface area contributed by atoms with Gasteiger partial charge in [0.15, 0.2) is 0 Å². The van der Waals surface area contributed by atoms with Crippen molar-refractivity contribution >= 4 is 17.2 Å². The number of aromatic nitrogens is 2. The summed E-state index contributed by atoms with van der Waals surface area (Å²) in [5.41, 5.74) is 1.03. The van der Waals surface area contributed by atoms with Crippen LogP contribution in [0.2, 0.25) is 0 Å². The molecular formula is C12H15N3OS. The SMILES string of the molecule is CCc1ccc(C(=O)NCCc2cnc[nH]2)s1. The van der Waals surface area contributed by atoms with Gasteiger partial charge in [-0.1, -0.05) is 6.92 Å². The topological polar surface area (TPSA) is 57.8 Å². The van der Waals surface area contributed by atoms with Gasteiger partial charge in [0, 0.05) is 29.7 Å². The Morgan fingerprint density at radius 2 is 2.41 bits per heavy atom. The van der Waals surface area contributed by atoms with Gasteiger partial charge in [-0.2, -0.15) is 0 Å². The van der Waals surface area contributed by atoms with Crippen LogP contribution in [0.5, 0.6) is 0 Å². The lowest BCUT2D eigenvalue weighted by molar-refractivity contribution is 0.0958. The number of amides is 1. The molecule has 2 N–H and O–H groups in total. The zero-order valence-electron chi connectivity index (χ0n) is 9.69. The van der Waals surface area contributed by atoms with E-state index < -0.39 is 0 Å². The molecule has 0 aliphatic rings. The molecule has 0 atom stereocenters. The Bertz CT molecular complexity index is 476. The molecule has 4 nitrogen and oxygen atoms in total. The summed E-state index contributed by atoms with van der Waals surface area (Å²) in [6, 6.07) is 3.89. The van der Waals surface area contributed by atoms with E-state index in [2.05, 4.69) is 22.2 Å². The van der Waals surface area contributed by atoms with Gasteiger partial charge in [0.25, 0.3) is 5.91 Å². The minimum Gasteiger partial charge on any atom is -0.351 e. The Kier molecular flexibility index (Phi) is 3.93. The van der Waals surface area contributed by atoms with Crippen LogP contribution in [-0.2, 0) is 12.8 Å². The average Bonchev–Trinajstić information content (AvgIpc) is 2.99. The van der Waals surface area contributed by atoms with Crippen LogP contribution in [0.4, 0.5) is 0 Å². The Hall–Kier alpha value is -1.62. The maximum Gasteiger partial charge on any atom is 0.261 e. The number of aryl methyl sites for hydroxylation is 1. The number of aromatic amines is 1. The molecule has 0 saturated heterocycles. The molecule has 17 heavy (non-hydrogen) atoms. The fourth-order valence-electron chi connectivity index (χ4n) is 1.51. The highest BCUT2D eigenvalue weighted by Gasteiger charge is 2.07. The summed E-state index contributed by atoms with van der Waals surface area (Å²) >= 11 is 1.56. The second kappa shape index (κ2) is 5.63. The lowest BCUT2D eigenvalue weighted by atomic mass is 10.3. The predicted octanol–water partition coefficient (Wildman–Crippen LogP) is 2.01. The lowest BCUT2D eigenvalue weighted by Crippen LogP contribution is -2.24. The van der Waals surface area contributed by atoms with Gasteiger partial charge >= 0.3 is 0 Å². The van der Waals surface area contributed by atoms with Gasteiger partial charge in [-0.3, -0.25) is 4.79 Å². The molecule has 0 bridgehead atoms. The first-order chi connectivity index (χ1) is 8.29. The molecule has 0 spiro atoms. The van der Waals surface area contributed by atoms with Gasteiger partial charge in [0.05, 0.1) is 11.2 Å². The first kappa shape index (κ1) is 11.9. The summed E-state index contributed by atoms with van der Waals surface area (Å²) in [5.74, 6) is 0.00853. The molecular weight excluding hydrogens is 234 g/mol. The Morgan fingerprint density at radius 3 is 3.06 bits per heavy atom. The summed E-state index contributed by atoms with van der Waals surface area (Å²) < 4.78 is 0. The third-order valence-corrected chi connectivity index (χ3v) is 3.70. The molecule has 5 heteroatoms. The van der Waals surface area contributed by atoms with Gasteiger partial charge in [-0.25, -0.2) is 4.98 Å². The van der Waals surface area contributed by atoms with E-state index in [4.69, 9.17) is 0 Å². The number of thiophene rings is 1. The van der Waals surface area contributed by atoms with E-state index in [1.54, 1.807) is 23.9 Å². The smallest absolute Gasteiger partial charge is 0.261 e. The molecule has 2 rings (SSSR count). The zero-order chi connectivity index (χ0) is 12.1. The van der Waals surface area contributed by atoms with Crippen molar-refractivity contribution in [3.63, 3.8) is 0 Å². The molecule has 90 valence electrons. The summed E-state index contributed by atoms with van der Waals surface area (Å²) in [6.07, 6.45) is 5.17. The van der Waals surface area contributed by atoms with Crippen molar-refractivity contribution in [1.29, 1.82) is 0 Å². The molecule has 2 aromatic heterocycles. The fraction of sp³-hybridized carbons (Fsp3) is 0.333. The number of imidazole rings is 1. The van der Waals surface area contributed by atoms with Crippen LogP contribution in [0, 0.1) is 0 Å². The average molecular weight is 249 g/mol. The number of carbonyl (C=O) groups excluding carboxylic acids is 1. The van der Waals surface area contributed by atoms with Gasteiger partial charge in [0.2, 0.25) is 0 Å². The van der Waals surface area contributed by atoms with Crippen LogP contribution in [0.15, 0.2) is 24.7 Å². The molecule has 0 radical (unpaired) electrons. The molecule has 0 saturated carbocycles. The molecule has 2 aromatic rings. The Labute approximate surface area is 104 Å². The minimum atomic E-state index is 0.00853. The van der Waals surface area contributed by atoms with Crippen molar-refractivity contribution < 1.29 is 4.79 Å². The maximum atomic E-state index is 11.8. The van der Waals surface area contributed by atoms with Crippen LogP contribution < -0.4 is 5.32 Å². The normalized spacial score (nSPS) is 10.4. The minimum absolute atomic E-state index is 0.00853. The third-order valence-electron chi connectivity index (χ3n) is 2.47. The molecule has 2 heterocycles. The number of rotatable bonds is 5. The van der Waals surface area contributed by atoms with Crippen LogP contribution in [0.25, 0.3) is 0 Å². The number of nitrogens with one attached hydrogen (secondary N) is 2. The molecule has 0 fully saturated rings. The quantitative estimate of drug-likeness (QED) is 0.851. The van der Waals surface area contributed by atoms with E-state index in [1.165, 1.54) is 4.88 Å². The Morgan fingerprint density at radius 1 is 1.53 bits per heavy atom. The van der Waals surface area contributed by atoms with Gasteiger partial charge in [-0.15, -0.1) is 11.3 Å². The molecule has 0 unspecified atom stereocenters. The number of hydrogen-bond donors (Lipinski definition) is 2. The van der Waals surface area contributed by atoms with E-state index >= 15 is 0 Å². The summed E-state index contributed by atoms with van der Waals surface area (Å²) in [4.78, 5) is 20.7.